The Balaban J connectivity index is 2.81. The first-order chi connectivity index (χ1) is 8.57. The van der Waals surface area contributed by atoms with Crippen molar-refractivity contribution in [1.82, 2.24) is 0 Å². The zero-order valence-electron chi connectivity index (χ0n) is 13.0. The van der Waals surface area contributed by atoms with Crippen molar-refractivity contribution < 1.29 is 9.53 Å². The zero-order chi connectivity index (χ0) is 14.7. The van der Waals surface area contributed by atoms with Crippen molar-refractivity contribution in [3.05, 3.63) is 29.1 Å². The van der Waals surface area contributed by atoms with Gasteiger partial charge in [0.2, 0.25) is 0 Å². The van der Waals surface area contributed by atoms with Gasteiger partial charge in [0.25, 0.3) is 0 Å². The number of carbonyl (C=O) groups excluding carboxylic acids is 1. The quantitative estimate of drug-likeness (QED) is 0.777. The summed E-state index contributed by atoms with van der Waals surface area (Å²) in [6.45, 7) is 14.3. The van der Waals surface area contributed by atoms with Gasteiger partial charge in [-0.3, -0.25) is 0 Å². The van der Waals surface area contributed by atoms with E-state index in [-0.39, 0.29) is 11.4 Å². The monoisotopic (exact) mass is 260 g/mol. The number of ether oxygens (including phenoxy) is 1. The normalized spacial score (nSPS) is 12.1. The van der Waals surface area contributed by atoms with Crippen molar-refractivity contribution in [2.24, 2.45) is 5.41 Å². The fourth-order valence-corrected chi connectivity index (χ4v) is 2.01. The Hall–Kier alpha value is -1.12. The van der Waals surface area contributed by atoms with Gasteiger partial charge >= 0.3 is 117 Å². The van der Waals surface area contributed by atoms with Gasteiger partial charge in [0, 0.05) is 0 Å². The van der Waals surface area contributed by atoms with Crippen LogP contribution in [-0.4, -0.2) is 18.5 Å². The first-order valence-corrected chi connectivity index (χ1v) is 6.85. The van der Waals surface area contributed by atoms with Gasteiger partial charge in [-0.15, -0.1) is 0 Å². The third-order valence-electron chi connectivity index (χ3n) is 2.59. The van der Waals surface area contributed by atoms with Crippen LogP contribution < -0.4 is 0 Å². The van der Waals surface area contributed by atoms with Gasteiger partial charge in [-0.25, -0.2) is 0 Å². The van der Waals surface area contributed by atoms with Crippen molar-refractivity contribution in [3.63, 3.8) is 0 Å². The Kier molecular flexibility index (Phi) is 4.95. The molecule has 0 radical (unpaired) electrons. The van der Waals surface area contributed by atoms with E-state index in [1.54, 1.807) is 0 Å². The van der Waals surface area contributed by atoms with Crippen LogP contribution in [0.5, 0.6) is 0 Å². The number of hydrogen-bond donors (Lipinski definition) is 0. The van der Waals surface area contributed by atoms with E-state index >= 15 is 0 Å². The Morgan fingerprint density at radius 3 is 2.32 bits per heavy atom. The molecule has 0 N–H and O–H groups in total. The molecule has 1 rings (SSSR count). The predicted octanol–water partition coefficient (Wildman–Crippen LogP) is 3.50. The molecule has 1 aromatic heterocycles. The summed E-state index contributed by atoms with van der Waals surface area (Å²) in [5.74, 6) is 3.92. The molecule has 0 saturated heterocycles. The Bertz CT molecular complexity index is 439. The standard InChI is InChI=1S/C16H25BO2/c1-15(2,3)10-13-11-17-8-7-12(13)9-14(18)19-16(4,5)6/h7-8,11H,9-10H2,1-6H3. The SMILES string of the molecule is CC(C)(C)Cc1cbccc1CC(=O)OC(C)(C)C. The minimum absolute atomic E-state index is 0.158. The fraction of sp³-hybridized carbons (Fsp3) is 0.625. The molecule has 0 aliphatic rings. The van der Waals surface area contributed by atoms with Gasteiger partial charge in [0.1, 0.15) is 0 Å². The number of hydrogen-bond acceptors (Lipinski definition) is 2. The van der Waals surface area contributed by atoms with Crippen LogP contribution in [0, 0.1) is 5.41 Å². The van der Waals surface area contributed by atoms with E-state index in [1.165, 1.54) is 5.56 Å². The molecule has 0 aliphatic heterocycles. The fourth-order valence-electron chi connectivity index (χ4n) is 2.01. The molecule has 0 spiro atoms. The summed E-state index contributed by atoms with van der Waals surface area (Å²) in [5, 5.41) is 0. The average Bonchev–Trinajstić information content (AvgIpc) is 2.15. The number of esters is 1. The van der Waals surface area contributed by atoms with E-state index < -0.39 is 5.60 Å². The van der Waals surface area contributed by atoms with E-state index in [4.69, 9.17) is 4.74 Å². The second-order valence-electron chi connectivity index (χ2n) is 7.27. The zero-order valence-corrected chi connectivity index (χ0v) is 13.0. The second kappa shape index (κ2) is 5.89. The summed E-state index contributed by atoms with van der Waals surface area (Å²) in [4.78, 5) is 11.9. The molecule has 0 unspecified atom stereocenters. The number of rotatable bonds is 3. The van der Waals surface area contributed by atoms with E-state index in [0.29, 0.717) is 6.42 Å². The van der Waals surface area contributed by atoms with Crippen molar-refractivity contribution in [1.29, 1.82) is 0 Å². The molecule has 19 heavy (non-hydrogen) atoms. The molecule has 0 bridgehead atoms. The summed E-state index contributed by atoms with van der Waals surface area (Å²) in [5.41, 5.74) is 2.10. The average molecular weight is 260 g/mol. The summed E-state index contributed by atoms with van der Waals surface area (Å²) >= 11 is 0. The molecule has 0 fully saturated rings. The van der Waals surface area contributed by atoms with E-state index in [0.717, 1.165) is 12.0 Å². The van der Waals surface area contributed by atoms with Crippen LogP contribution in [0.2, 0.25) is 0 Å². The predicted molar refractivity (Wildman–Crippen MR) is 80.5 cm³/mol. The van der Waals surface area contributed by atoms with Crippen LogP contribution >= 0.6 is 0 Å². The van der Waals surface area contributed by atoms with Gasteiger partial charge in [-0.05, 0) is 0 Å². The van der Waals surface area contributed by atoms with Crippen LogP contribution in [0.1, 0.15) is 52.7 Å². The molecule has 1 heterocycles. The third-order valence-corrected chi connectivity index (χ3v) is 2.59. The van der Waals surface area contributed by atoms with Gasteiger partial charge in [0.05, 0.1) is 0 Å². The Morgan fingerprint density at radius 1 is 1.16 bits per heavy atom. The third kappa shape index (κ3) is 6.56. The first kappa shape index (κ1) is 15.9. The maximum absolute atomic E-state index is 11.9. The van der Waals surface area contributed by atoms with E-state index in [9.17, 15) is 4.79 Å². The Morgan fingerprint density at radius 2 is 1.79 bits per heavy atom. The van der Waals surface area contributed by atoms with Crippen molar-refractivity contribution in [2.45, 2.75) is 60.0 Å². The van der Waals surface area contributed by atoms with E-state index in [1.807, 2.05) is 39.7 Å². The van der Waals surface area contributed by atoms with Gasteiger partial charge < -0.3 is 0 Å². The molecule has 1 aromatic rings. The summed E-state index contributed by atoms with van der Waals surface area (Å²) in [6.07, 6.45) is 1.31. The van der Waals surface area contributed by atoms with Crippen LogP contribution in [0.3, 0.4) is 0 Å². The molecule has 0 aliphatic carbocycles. The molecule has 104 valence electrons. The molecular formula is C16H25BO2. The summed E-state index contributed by atoms with van der Waals surface area (Å²) in [7, 11) is 0. The van der Waals surface area contributed by atoms with E-state index in [2.05, 4.69) is 26.7 Å². The van der Waals surface area contributed by atoms with Gasteiger partial charge in [-0.2, -0.15) is 0 Å². The van der Waals surface area contributed by atoms with Crippen LogP contribution in [0.25, 0.3) is 0 Å². The maximum atomic E-state index is 11.9. The van der Waals surface area contributed by atoms with Crippen molar-refractivity contribution in [2.75, 3.05) is 0 Å². The van der Waals surface area contributed by atoms with Crippen molar-refractivity contribution in [3.8, 4) is 0 Å². The van der Waals surface area contributed by atoms with Crippen LogP contribution in [0.15, 0.2) is 18.0 Å². The topological polar surface area (TPSA) is 26.3 Å². The first-order valence-electron chi connectivity index (χ1n) is 6.85. The minimum atomic E-state index is -0.421. The van der Waals surface area contributed by atoms with Crippen LogP contribution in [-0.2, 0) is 22.4 Å². The molecule has 2 nitrogen and oxygen atoms in total. The summed E-state index contributed by atoms with van der Waals surface area (Å²) in [6, 6.07) is 2.02. The molecule has 0 saturated carbocycles. The molecule has 0 amide bonds. The number of carbonyl (C=O) groups is 1. The van der Waals surface area contributed by atoms with Gasteiger partial charge in [-0.1, -0.05) is 0 Å². The van der Waals surface area contributed by atoms with Gasteiger partial charge in [0.15, 0.2) is 0 Å². The molecule has 3 heteroatoms. The Labute approximate surface area is 117 Å². The van der Waals surface area contributed by atoms with Crippen LogP contribution in [0.4, 0.5) is 0 Å². The van der Waals surface area contributed by atoms with Crippen molar-refractivity contribution >= 4 is 12.9 Å². The molecular weight excluding hydrogens is 235 g/mol. The summed E-state index contributed by atoms with van der Waals surface area (Å²) < 4.78 is 5.39. The molecule has 0 aromatic carbocycles. The molecule has 0 atom stereocenters. The second-order valence-corrected chi connectivity index (χ2v) is 7.27.